The molecule has 0 fully saturated rings. The molecule has 0 aliphatic rings. The van der Waals surface area contributed by atoms with Crippen molar-refractivity contribution >= 4 is 22.5 Å². The third-order valence-electron chi connectivity index (χ3n) is 3.80. The molecule has 3 nitrogen and oxygen atoms in total. The van der Waals surface area contributed by atoms with Crippen molar-refractivity contribution in [2.75, 3.05) is 14.2 Å². The first kappa shape index (κ1) is 15.4. The lowest BCUT2D eigenvalue weighted by Gasteiger charge is -2.23. The molecule has 1 N–H and O–H groups in total. The van der Waals surface area contributed by atoms with Crippen molar-refractivity contribution in [1.82, 2.24) is 9.88 Å². The summed E-state index contributed by atoms with van der Waals surface area (Å²) in [6, 6.07) is 6.09. The van der Waals surface area contributed by atoms with Crippen molar-refractivity contribution in [3.63, 3.8) is 0 Å². The first-order valence-electron chi connectivity index (χ1n) is 6.94. The number of methoxy groups -OCH3 is 1. The maximum Gasteiger partial charge on any atom is 0.0639 e. The Labute approximate surface area is 125 Å². The van der Waals surface area contributed by atoms with Crippen molar-refractivity contribution in [2.24, 2.45) is 0 Å². The minimum atomic E-state index is -0.113. The van der Waals surface area contributed by atoms with Crippen LogP contribution in [0.2, 0.25) is 5.02 Å². The molecular weight excluding hydrogens is 272 g/mol. The van der Waals surface area contributed by atoms with Crippen molar-refractivity contribution in [1.29, 1.82) is 0 Å². The second-order valence-corrected chi connectivity index (χ2v) is 6.19. The van der Waals surface area contributed by atoms with Crippen LogP contribution in [0.15, 0.2) is 24.4 Å². The highest BCUT2D eigenvalue weighted by Crippen LogP contribution is 2.26. The average molecular weight is 295 g/mol. The Morgan fingerprint density at radius 3 is 2.75 bits per heavy atom. The van der Waals surface area contributed by atoms with Crippen LogP contribution in [0.4, 0.5) is 0 Å². The largest absolute Gasteiger partial charge is 0.379 e. The number of aromatic nitrogens is 1. The molecule has 1 aromatic heterocycles. The summed E-state index contributed by atoms with van der Waals surface area (Å²) in [5, 5.41) is 5.26. The van der Waals surface area contributed by atoms with Crippen LogP contribution in [0.5, 0.6) is 0 Å². The van der Waals surface area contributed by atoms with E-state index in [0.29, 0.717) is 0 Å². The Balaban J connectivity index is 2.34. The van der Waals surface area contributed by atoms with Crippen molar-refractivity contribution < 1.29 is 4.74 Å². The van der Waals surface area contributed by atoms with Crippen LogP contribution in [0.1, 0.15) is 25.8 Å². The zero-order valence-corrected chi connectivity index (χ0v) is 13.4. The molecular formula is C16H23ClN2O. The molecule has 1 aromatic carbocycles. The zero-order valence-electron chi connectivity index (χ0n) is 12.7. The number of aryl methyl sites for hydroxylation is 1. The van der Waals surface area contributed by atoms with Crippen LogP contribution in [0.25, 0.3) is 10.9 Å². The van der Waals surface area contributed by atoms with Gasteiger partial charge < -0.3 is 14.6 Å². The molecule has 0 amide bonds. The van der Waals surface area contributed by atoms with Gasteiger partial charge in [-0.05, 0) is 45.0 Å². The predicted molar refractivity (Wildman–Crippen MR) is 85.4 cm³/mol. The van der Waals surface area contributed by atoms with Crippen LogP contribution in [-0.2, 0) is 17.8 Å². The second-order valence-electron chi connectivity index (χ2n) is 5.75. The van der Waals surface area contributed by atoms with Gasteiger partial charge in [0.25, 0.3) is 0 Å². The Morgan fingerprint density at radius 2 is 2.10 bits per heavy atom. The minimum absolute atomic E-state index is 0.113. The standard InChI is InChI=1S/C16H23ClN2O/c1-16(2,20-4)7-8-19-11-12(10-18-3)14-6-5-13(17)9-15(14)19/h5-6,9,11,18H,7-8,10H2,1-4H3. The van der Waals surface area contributed by atoms with Crippen molar-refractivity contribution in [3.8, 4) is 0 Å². The lowest BCUT2D eigenvalue weighted by Crippen LogP contribution is -2.24. The average Bonchev–Trinajstić information content (AvgIpc) is 2.75. The number of ether oxygens (including phenoxy) is 1. The SMILES string of the molecule is CNCc1cn(CCC(C)(C)OC)c2cc(Cl)ccc12. The number of nitrogens with one attached hydrogen (secondary N) is 1. The van der Waals surface area contributed by atoms with E-state index in [1.54, 1.807) is 7.11 Å². The fraction of sp³-hybridized carbons (Fsp3) is 0.500. The number of benzene rings is 1. The molecule has 0 atom stereocenters. The van der Waals surface area contributed by atoms with E-state index in [-0.39, 0.29) is 5.60 Å². The Bertz CT molecular complexity index is 589. The highest BCUT2D eigenvalue weighted by molar-refractivity contribution is 6.31. The summed E-state index contributed by atoms with van der Waals surface area (Å²) in [4.78, 5) is 0. The van der Waals surface area contributed by atoms with Crippen molar-refractivity contribution in [3.05, 3.63) is 35.0 Å². The van der Waals surface area contributed by atoms with Gasteiger partial charge in [-0.3, -0.25) is 0 Å². The molecule has 0 saturated heterocycles. The third kappa shape index (κ3) is 3.35. The molecule has 0 saturated carbocycles. The number of hydrogen-bond donors (Lipinski definition) is 1. The van der Waals surface area contributed by atoms with Gasteiger partial charge in [0.15, 0.2) is 0 Å². The maximum absolute atomic E-state index is 6.14. The Kier molecular flexibility index (Phi) is 4.74. The van der Waals surface area contributed by atoms with Crippen molar-refractivity contribution in [2.45, 2.75) is 39.0 Å². The molecule has 2 aromatic rings. The number of hydrogen-bond acceptors (Lipinski definition) is 2. The van der Waals surface area contributed by atoms with Gasteiger partial charge in [-0.2, -0.15) is 0 Å². The highest BCUT2D eigenvalue weighted by atomic mass is 35.5. The summed E-state index contributed by atoms with van der Waals surface area (Å²) < 4.78 is 7.77. The highest BCUT2D eigenvalue weighted by Gasteiger charge is 2.17. The summed E-state index contributed by atoms with van der Waals surface area (Å²) in [6.45, 7) is 6.00. The second kappa shape index (κ2) is 6.17. The molecule has 20 heavy (non-hydrogen) atoms. The van der Waals surface area contributed by atoms with Gasteiger partial charge in [-0.25, -0.2) is 0 Å². The number of halogens is 1. The topological polar surface area (TPSA) is 26.2 Å². The van der Waals surface area contributed by atoms with Gasteiger partial charge in [0.2, 0.25) is 0 Å². The van der Waals surface area contributed by atoms with E-state index in [1.165, 1.54) is 16.5 Å². The van der Waals surface area contributed by atoms with Gasteiger partial charge in [0.05, 0.1) is 5.60 Å². The summed E-state index contributed by atoms with van der Waals surface area (Å²) in [5.74, 6) is 0. The normalized spacial score (nSPS) is 12.2. The zero-order chi connectivity index (χ0) is 14.8. The van der Waals surface area contributed by atoms with Gasteiger partial charge in [0, 0.05) is 42.3 Å². The summed E-state index contributed by atoms with van der Waals surface area (Å²) in [7, 11) is 3.73. The fourth-order valence-corrected chi connectivity index (χ4v) is 2.52. The van der Waals surface area contributed by atoms with E-state index >= 15 is 0 Å². The molecule has 0 unspecified atom stereocenters. The Hall–Kier alpha value is -1.03. The van der Waals surface area contributed by atoms with Crippen LogP contribution in [0, 0.1) is 0 Å². The predicted octanol–water partition coefficient (Wildman–Crippen LogP) is 3.83. The quantitative estimate of drug-likeness (QED) is 0.876. The number of rotatable bonds is 6. The van der Waals surface area contributed by atoms with Gasteiger partial charge >= 0.3 is 0 Å². The minimum Gasteiger partial charge on any atom is -0.379 e. The molecule has 2 rings (SSSR count). The maximum atomic E-state index is 6.14. The molecule has 0 aliphatic heterocycles. The van der Waals surface area contributed by atoms with Gasteiger partial charge in [-0.15, -0.1) is 0 Å². The number of fused-ring (bicyclic) bond motifs is 1. The smallest absolute Gasteiger partial charge is 0.0639 e. The van der Waals surface area contributed by atoms with E-state index < -0.39 is 0 Å². The van der Waals surface area contributed by atoms with E-state index in [0.717, 1.165) is 24.5 Å². The molecule has 0 spiro atoms. The van der Waals surface area contributed by atoms with Crippen LogP contribution < -0.4 is 5.32 Å². The van der Waals surface area contributed by atoms with Gasteiger partial charge in [-0.1, -0.05) is 17.7 Å². The molecule has 110 valence electrons. The number of nitrogens with zero attached hydrogens (tertiary/aromatic N) is 1. The first-order chi connectivity index (χ1) is 9.46. The van der Waals surface area contributed by atoms with E-state index in [4.69, 9.17) is 16.3 Å². The van der Waals surface area contributed by atoms with Crippen LogP contribution >= 0.6 is 11.6 Å². The molecule has 0 aliphatic carbocycles. The van der Waals surface area contributed by atoms with E-state index in [2.05, 4.69) is 36.0 Å². The fourth-order valence-electron chi connectivity index (χ4n) is 2.35. The first-order valence-corrected chi connectivity index (χ1v) is 7.31. The van der Waals surface area contributed by atoms with E-state index in [9.17, 15) is 0 Å². The van der Waals surface area contributed by atoms with Gasteiger partial charge in [0.1, 0.15) is 0 Å². The lowest BCUT2D eigenvalue weighted by molar-refractivity contribution is 0.0123. The molecule has 1 heterocycles. The lowest BCUT2D eigenvalue weighted by atomic mass is 10.1. The molecule has 0 radical (unpaired) electrons. The third-order valence-corrected chi connectivity index (χ3v) is 4.04. The molecule has 0 bridgehead atoms. The summed E-state index contributed by atoms with van der Waals surface area (Å²) in [6.07, 6.45) is 3.17. The molecule has 4 heteroatoms. The summed E-state index contributed by atoms with van der Waals surface area (Å²) >= 11 is 6.14. The summed E-state index contributed by atoms with van der Waals surface area (Å²) in [5.41, 5.74) is 2.38. The van der Waals surface area contributed by atoms with Crippen LogP contribution in [-0.4, -0.2) is 24.3 Å². The monoisotopic (exact) mass is 294 g/mol. The van der Waals surface area contributed by atoms with Crippen LogP contribution in [0.3, 0.4) is 0 Å². The van der Waals surface area contributed by atoms with E-state index in [1.807, 2.05) is 19.2 Å². The Morgan fingerprint density at radius 1 is 1.35 bits per heavy atom.